The number of ketones is 1. The highest BCUT2D eigenvalue weighted by atomic mass is 16.5. The molecule has 2 unspecified atom stereocenters. The van der Waals surface area contributed by atoms with Crippen molar-refractivity contribution in [1.82, 2.24) is 5.32 Å². The van der Waals surface area contributed by atoms with E-state index in [4.69, 9.17) is 18.9 Å². The summed E-state index contributed by atoms with van der Waals surface area (Å²) in [5.74, 6) is 1.77. The Bertz CT molecular complexity index is 1110. The molecule has 0 radical (unpaired) electrons. The molecule has 180 valence electrons. The van der Waals surface area contributed by atoms with Crippen molar-refractivity contribution in [2.24, 2.45) is 0 Å². The van der Waals surface area contributed by atoms with E-state index in [1.54, 1.807) is 21.3 Å². The number of rotatable bonds is 7. The highest BCUT2D eigenvalue weighted by molar-refractivity contribution is 6.02. The first-order valence-electron chi connectivity index (χ1n) is 11.5. The number of hydrogen-bond acceptors (Lipinski definition) is 6. The molecule has 1 N–H and O–H groups in total. The molecule has 0 bridgehead atoms. The van der Waals surface area contributed by atoms with Crippen LogP contribution in [0.15, 0.2) is 47.7 Å². The second-order valence-corrected chi connectivity index (χ2v) is 8.89. The molecular weight excluding hydrogens is 434 g/mol. The molecule has 2 aromatic carbocycles. The van der Waals surface area contributed by atoms with Gasteiger partial charge in [-0.15, -0.1) is 0 Å². The molecule has 0 saturated heterocycles. The Morgan fingerprint density at radius 1 is 0.882 bits per heavy atom. The third-order valence-electron chi connectivity index (χ3n) is 6.35. The Labute approximate surface area is 200 Å². The second-order valence-electron chi connectivity index (χ2n) is 8.89. The van der Waals surface area contributed by atoms with Gasteiger partial charge in [-0.25, -0.2) is 0 Å². The number of ether oxygens (including phenoxy) is 4. The van der Waals surface area contributed by atoms with Crippen molar-refractivity contribution in [3.8, 4) is 23.0 Å². The van der Waals surface area contributed by atoms with Gasteiger partial charge in [0, 0.05) is 35.6 Å². The number of benzene rings is 2. The van der Waals surface area contributed by atoms with Crippen LogP contribution in [0, 0.1) is 0 Å². The second kappa shape index (κ2) is 9.79. The molecule has 7 nitrogen and oxygen atoms in total. The van der Waals surface area contributed by atoms with Gasteiger partial charge in [0.2, 0.25) is 11.7 Å². The van der Waals surface area contributed by atoms with E-state index in [0.29, 0.717) is 47.1 Å². The molecule has 0 spiro atoms. The molecule has 0 saturated carbocycles. The van der Waals surface area contributed by atoms with Crippen molar-refractivity contribution in [2.75, 3.05) is 21.3 Å². The van der Waals surface area contributed by atoms with Crippen LogP contribution >= 0.6 is 0 Å². The molecule has 4 rings (SSSR count). The van der Waals surface area contributed by atoms with Gasteiger partial charge >= 0.3 is 0 Å². The van der Waals surface area contributed by atoms with Crippen molar-refractivity contribution >= 4 is 11.7 Å². The predicted octanol–water partition coefficient (Wildman–Crippen LogP) is 4.50. The van der Waals surface area contributed by atoms with Gasteiger partial charge < -0.3 is 24.3 Å². The average molecular weight is 466 g/mol. The number of carbonyl (C=O) groups excluding carboxylic acids is 2. The summed E-state index contributed by atoms with van der Waals surface area (Å²) in [4.78, 5) is 26.2. The van der Waals surface area contributed by atoms with Crippen LogP contribution in [0.3, 0.4) is 0 Å². The summed E-state index contributed by atoms with van der Waals surface area (Å²) in [6, 6.07) is 11.4. The highest BCUT2D eigenvalue weighted by Crippen LogP contribution is 2.47. The standard InChI is InChI=1S/C27H31NO6/c1-15(2)34-22-9-7-6-8-18(22)19-14-25(30)28-20-10-16(11-21(29)26(19)20)17-12-23(31-3)27(33-5)24(13-17)32-4/h6-9,12-13,15-16,19H,10-11,14H2,1-5H3,(H,28,30). The first kappa shape index (κ1) is 23.7. The summed E-state index contributed by atoms with van der Waals surface area (Å²) in [5.41, 5.74) is 3.14. The number of allylic oxidation sites excluding steroid dienone is 2. The van der Waals surface area contributed by atoms with E-state index in [0.717, 1.165) is 11.1 Å². The summed E-state index contributed by atoms with van der Waals surface area (Å²) in [6.45, 7) is 3.92. The highest BCUT2D eigenvalue weighted by Gasteiger charge is 2.39. The van der Waals surface area contributed by atoms with Gasteiger partial charge in [0.05, 0.1) is 27.4 Å². The monoisotopic (exact) mass is 465 g/mol. The molecule has 2 aromatic rings. The zero-order valence-corrected chi connectivity index (χ0v) is 20.3. The molecule has 1 aliphatic heterocycles. The topological polar surface area (TPSA) is 83.1 Å². The Kier molecular flexibility index (Phi) is 6.82. The number of para-hydroxylation sites is 1. The lowest BCUT2D eigenvalue weighted by Crippen LogP contribution is -2.38. The molecule has 0 fully saturated rings. The van der Waals surface area contributed by atoms with E-state index in [-0.39, 0.29) is 36.1 Å². The van der Waals surface area contributed by atoms with Crippen molar-refractivity contribution in [3.05, 3.63) is 58.8 Å². The summed E-state index contributed by atoms with van der Waals surface area (Å²) < 4.78 is 22.4. The predicted molar refractivity (Wildman–Crippen MR) is 128 cm³/mol. The summed E-state index contributed by atoms with van der Waals surface area (Å²) in [7, 11) is 4.69. The lowest BCUT2D eigenvalue weighted by molar-refractivity contribution is -0.122. The Hall–Kier alpha value is -3.48. The fraction of sp³-hybridized carbons (Fsp3) is 0.407. The van der Waals surface area contributed by atoms with Crippen LogP contribution in [0.2, 0.25) is 0 Å². The van der Waals surface area contributed by atoms with Gasteiger partial charge in [0.1, 0.15) is 5.75 Å². The molecule has 1 aliphatic carbocycles. The zero-order valence-electron chi connectivity index (χ0n) is 20.3. The van der Waals surface area contributed by atoms with Crippen LogP contribution in [0.4, 0.5) is 0 Å². The molecule has 2 atom stereocenters. The maximum Gasteiger partial charge on any atom is 0.225 e. The van der Waals surface area contributed by atoms with Gasteiger partial charge in [-0.2, -0.15) is 0 Å². The van der Waals surface area contributed by atoms with Crippen molar-refractivity contribution < 1.29 is 28.5 Å². The van der Waals surface area contributed by atoms with Crippen LogP contribution in [-0.4, -0.2) is 39.1 Å². The van der Waals surface area contributed by atoms with Gasteiger partial charge in [0.15, 0.2) is 17.3 Å². The van der Waals surface area contributed by atoms with Crippen molar-refractivity contribution in [2.45, 2.75) is 51.0 Å². The van der Waals surface area contributed by atoms with Crippen LogP contribution in [0.1, 0.15) is 56.1 Å². The Morgan fingerprint density at radius 3 is 2.18 bits per heavy atom. The number of Topliss-reactive ketones (excluding diaryl/α,β-unsaturated/α-hetero) is 1. The molecule has 1 heterocycles. The molecular formula is C27H31NO6. The third kappa shape index (κ3) is 4.47. The lowest BCUT2D eigenvalue weighted by atomic mass is 9.73. The minimum atomic E-state index is -0.327. The SMILES string of the molecule is COc1cc(C2CC(=O)C3=C(C2)NC(=O)CC3c2ccccc2OC(C)C)cc(OC)c1OC. The van der Waals surface area contributed by atoms with Crippen LogP contribution in [0.5, 0.6) is 23.0 Å². The van der Waals surface area contributed by atoms with Gasteiger partial charge in [-0.05, 0) is 49.9 Å². The average Bonchev–Trinajstić information content (AvgIpc) is 2.82. The van der Waals surface area contributed by atoms with E-state index >= 15 is 0 Å². The van der Waals surface area contributed by atoms with E-state index in [2.05, 4.69) is 5.32 Å². The summed E-state index contributed by atoms with van der Waals surface area (Å²) in [5, 5.41) is 2.98. The van der Waals surface area contributed by atoms with Gasteiger partial charge in [-0.3, -0.25) is 9.59 Å². The van der Waals surface area contributed by atoms with E-state index < -0.39 is 0 Å². The Morgan fingerprint density at radius 2 is 1.56 bits per heavy atom. The third-order valence-corrected chi connectivity index (χ3v) is 6.35. The summed E-state index contributed by atoms with van der Waals surface area (Å²) >= 11 is 0. The van der Waals surface area contributed by atoms with Crippen LogP contribution in [0.25, 0.3) is 0 Å². The lowest BCUT2D eigenvalue weighted by Gasteiger charge is -2.35. The molecule has 0 aromatic heterocycles. The largest absolute Gasteiger partial charge is 0.493 e. The first-order chi connectivity index (χ1) is 16.4. The normalized spacial score (nSPS) is 20.1. The van der Waals surface area contributed by atoms with Crippen molar-refractivity contribution in [3.63, 3.8) is 0 Å². The maximum absolute atomic E-state index is 13.5. The van der Waals surface area contributed by atoms with E-state index in [1.807, 2.05) is 50.2 Å². The maximum atomic E-state index is 13.5. The minimum Gasteiger partial charge on any atom is -0.493 e. The smallest absolute Gasteiger partial charge is 0.225 e. The minimum absolute atomic E-state index is 0.0153. The summed E-state index contributed by atoms with van der Waals surface area (Å²) in [6.07, 6.45) is 1.07. The molecule has 1 amide bonds. The number of nitrogens with one attached hydrogen (secondary N) is 1. The van der Waals surface area contributed by atoms with E-state index in [1.165, 1.54) is 0 Å². The number of hydrogen-bond donors (Lipinski definition) is 1. The number of amides is 1. The molecule has 2 aliphatic rings. The Balaban J connectivity index is 1.73. The van der Waals surface area contributed by atoms with Crippen LogP contribution in [-0.2, 0) is 9.59 Å². The van der Waals surface area contributed by atoms with Crippen molar-refractivity contribution in [1.29, 1.82) is 0 Å². The van der Waals surface area contributed by atoms with Crippen LogP contribution < -0.4 is 24.3 Å². The van der Waals surface area contributed by atoms with E-state index in [9.17, 15) is 9.59 Å². The molecule has 34 heavy (non-hydrogen) atoms. The number of methoxy groups -OCH3 is 3. The number of carbonyl (C=O) groups is 2. The fourth-order valence-corrected chi connectivity index (χ4v) is 4.93. The van der Waals surface area contributed by atoms with Gasteiger partial charge in [-0.1, -0.05) is 18.2 Å². The quantitative estimate of drug-likeness (QED) is 0.648. The fourth-order valence-electron chi connectivity index (χ4n) is 4.93. The van der Waals surface area contributed by atoms with Gasteiger partial charge in [0.25, 0.3) is 0 Å². The molecule has 7 heteroatoms. The first-order valence-corrected chi connectivity index (χ1v) is 11.5. The zero-order chi connectivity index (χ0) is 24.4.